The number of aliphatic imine (C=N–C) groups is 1. The molecule has 1 aromatic heterocycles. The molecule has 174 valence electrons. The van der Waals surface area contributed by atoms with E-state index in [9.17, 15) is 10.0 Å². The van der Waals surface area contributed by atoms with E-state index in [0.29, 0.717) is 30.3 Å². The number of aromatic amines is 1. The summed E-state index contributed by atoms with van der Waals surface area (Å²) in [5, 5.41) is 27.5. The van der Waals surface area contributed by atoms with Gasteiger partial charge >= 0.3 is 0 Å². The molecule has 34 heavy (non-hydrogen) atoms. The Bertz CT molecular complexity index is 1230. The molecule has 1 amide bonds. The Labute approximate surface area is 197 Å². The van der Waals surface area contributed by atoms with Crippen molar-refractivity contribution in [2.75, 3.05) is 0 Å². The Morgan fingerprint density at radius 3 is 2.50 bits per heavy atom. The lowest BCUT2D eigenvalue weighted by atomic mass is 9.97. The molecule has 9 heteroatoms. The van der Waals surface area contributed by atoms with Crippen LogP contribution in [0, 0.1) is 0 Å². The molecule has 0 radical (unpaired) electrons. The molecule has 0 unspecified atom stereocenters. The highest BCUT2D eigenvalue weighted by Gasteiger charge is 2.50. The number of amides is 1. The van der Waals surface area contributed by atoms with Gasteiger partial charge in [0.25, 0.3) is 5.91 Å². The largest absolute Gasteiger partial charge is 0.411 e. The highest BCUT2D eigenvalue weighted by molar-refractivity contribution is 6.45. The van der Waals surface area contributed by atoms with E-state index in [4.69, 9.17) is 4.99 Å². The van der Waals surface area contributed by atoms with E-state index >= 15 is 0 Å². The smallest absolute Gasteiger partial charge is 0.256 e. The van der Waals surface area contributed by atoms with Crippen molar-refractivity contribution in [2.45, 2.75) is 57.5 Å². The van der Waals surface area contributed by atoms with Crippen LogP contribution in [0.4, 0.5) is 0 Å². The summed E-state index contributed by atoms with van der Waals surface area (Å²) in [7, 11) is 0. The van der Waals surface area contributed by atoms with Gasteiger partial charge in [-0.25, -0.2) is 4.99 Å². The van der Waals surface area contributed by atoms with Crippen LogP contribution in [0.3, 0.4) is 0 Å². The van der Waals surface area contributed by atoms with Crippen LogP contribution in [0.1, 0.15) is 51.0 Å². The number of aromatic nitrogens is 4. The number of tetrazole rings is 1. The first-order chi connectivity index (χ1) is 16.6. The number of amidine groups is 1. The first kappa shape index (κ1) is 21.9. The van der Waals surface area contributed by atoms with Crippen LogP contribution >= 0.6 is 0 Å². The van der Waals surface area contributed by atoms with Crippen LogP contribution < -0.4 is 0 Å². The number of carbonyl (C=O) groups excluding carboxylic acids is 1. The first-order valence-electron chi connectivity index (χ1n) is 11.7. The predicted octanol–water partition coefficient (Wildman–Crippen LogP) is 4.22. The van der Waals surface area contributed by atoms with Crippen molar-refractivity contribution in [1.82, 2.24) is 25.5 Å². The van der Waals surface area contributed by atoms with Gasteiger partial charge in [-0.3, -0.25) is 9.69 Å². The Morgan fingerprint density at radius 2 is 1.85 bits per heavy atom. The van der Waals surface area contributed by atoms with E-state index in [1.165, 1.54) is 0 Å². The van der Waals surface area contributed by atoms with Crippen LogP contribution in [0.25, 0.3) is 22.5 Å². The third-order valence-electron chi connectivity index (χ3n) is 6.63. The molecule has 3 aromatic rings. The molecule has 2 aromatic carbocycles. The number of nitrogens with zero attached hydrogens (tertiary/aromatic N) is 6. The van der Waals surface area contributed by atoms with Crippen LogP contribution in [-0.4, -0.2) is 53.7 Å². The van der Waals surface area contributed by atoms with Crippen LogP contribution in [-0.2, 0) is 11.3 Å². The van der Waals surface area contributed by atoms with Gasteiger partial charge in [-0.15, -0.1) is 10.2 Å². The van der Waals surface area contributed by atoms with E-state index in [0.717, 1.165) is 54.4 Å². The zero-order chi connectivity index (χ0) is 23.5. The van der Waals surface area contributed by atoms with Crippen LogP contribution in [0.2, 0.25) is 0 Å². The lowest BCUT2D eigenvalue weighted by Crippen LogP contribution is -2.42. The van der Waals surface area contributed by atoms with E-state index in [1.807, 2.05) is 55.5 Å². The predicted molar refractivity (Wildman–Crippen MR) is 128 cm³/mol. The molecule has 2 N–H and O–H groups in total. The fourth-order valence-corrected chi connectivity index (χ4v) is 4.93. The molecule has 5 rings (SSSR count). The lowest BCUT2D eigenvalue weighted by Gasteiger charge is -2.23. The maximum absolute atomic E-state index is 13.5. The summed E-state index contributed by atoms with van der Waals surface area (Å²) >= 11 is 0. The third-order valence-corrected chi connectivity index (χ3v) is 6.63. The minimum Gasteiger partial charge on any atom is -0.411 e. The second-order valence-electron chi connectivity index (χ2n) is 8.84. The quantitative estimate of drug-likeness (QED) is 0.313. The second-order valence-corrected chi connectivity index (χ2v) is 8.84. The maximum Gasteiger partial charge on any atom is 0.256 e. The van der Waals surface area contributed by atoms with Gasteiger partial charge in [-0.05, 0) is 41.2 Å². The van der Waals surface area contributed by atoms with Crippen molar-refractivity contribution in [3.8, 4) is 22.5 Å². The van der Waals surface area contributed by atoms with Crippen molar-refractivity contribution >= 4 is 17.5 Å². The fraction of sp³-hybridized carbons (Fsp3) is 0.360. The number of H-pyrrole nitrogens is 1. The maximum atomic E-state index is 13.5. The van der Waals surface area contributed by atoms with Gasteiger partial charge in [0, 0.05) is 5.56 Å². The van der Waals surface area contributed by atoms with Crippen molar-refractivity contribution in [2.24, 2.45) is 10.1 Å². The van der Waals surface area contributed by atoms with Crippen LogP contribution in [0.5, 0.6) is 0 Å². The molecular weight excluding hydrogens is 430 g/mol. The molecule has 0 saturated heterocycles. The molecule has 0 bridgehead atoms. The van der Waals surface area contributed by atoms with Crippen molar-refractivity contribution in [1.29, 1.82) is 0 Å². The van der Waals surface area contributed by atoms with E-state index < -0.39 is 5.54 Å². The summed E-state index contributed by atoms with van der Waals surface area (Å²) in [6.45, 7) is 2.40. The molecule has 2 heterocycles. The average Bonchev–Trinajstić information content (AvgIpc) is 3.62. The fourth-order valence-electron chi connectivity index (χ4n) is 4.93. The highest BCUT2D eigenvalue weighted by atomic mass is 16.4. The standard InChI is InChI=1S/C25H27N7O2/c1-2-7-21(29-34)23-26-25(14-5-6-15-25)24(33)32(23)16-17-10-12-18(13-11-17)19-8-3-4-9-20(19)22-27-30-31-28-22/h3-4,8-13,34H,2,5-7,14-16H2,1H3,(H,27,28,30,31)/b29-21+. The highest BCUT2D eigenvalue weighted by Crippen LogP contribution is 2.40. The molecule has 9 nitrogen and oxygen atoms in total. The van der Waals surface area contributed by atoms with Gasteiger partial charge in [-0.1, -0.05) is 79.9 Å². The van der Waals surface area contributed by atoms with Gasteiger partial charge in [0.2, 0.25) is 5.82 Å². The number of nitrogens with one attached hydrogen (secondary N) is 1. The van der Waals surface area contributed by atoms with Gasteiger partial charge in [-0.2, -0.15) is 5.21 Å². The number of carbonyl (C=O) groups is 1. The number of benzene rings is 2. The topological polar surface area (TPSA) is 120 Å². The lowest BCUT2D eigenvalue weighted by molar-refractivity contribution is -0.131. The number of hydrogen-bond donors (Lipinski definition) is 2. The van der Waals surface area contributed by atoms with E-state index in [1.54, 1.807) is 4.90 Å². The van der Waals surface area contributed by atoms with Crippen molar-refractivity contribution in [3.05, 3.63) is 54.1 Å². The normalized spacial score (nSPS) is 17.6. The van der Waals surface area contributed by atoms with E-state index in [-0.39, 0.29) is 5.91 Å². The third kappa shape index (κ3) is 3.87. The second kappa shape index (κ2) is 9.17. The average molecular weight is 458 g/mol. The molecule has 1 spiro atoms. The zero-order valence-electron chi connectivity index (χ0n) is 19.1. The number of oxime groups is 1. The number of hydrogen-bond acceptors (Lipinski definition) is 7. The number of rotatable bonds is 7. The van der Waals surface area contributed by atoms with Gasteiger partial charge < -0.3 is 5.21 Å². The zero-order valence-corrected chi connectivity index (χ0v) is 19.1. The van der Waals surface area contributed by atoms with Gasteiger partial charge in [0.1, 0.15) is 11.3 Å². The molecule has 1 fully saturated rings. The molecule has 1 saturated carbocycles. The van der Waals surface area contributed by atoms with Crippen molar-refractivity contribution < 1.29 is 10.0 Å². The minimum atomic E-state index is -0.692. The first-order valence-corrected chi connectivity index (χ1v) is 11.7. The molecule has 0 atom stereocenters. The Hall–Kier alpha value is -3.88. The molecular formula is C25H27N7O2. The Morgan fingerprint density at radius 1 is 1.12 bits per heavy atom. The van der Waals surface area contributed by atoms with Gasteiger partial charge in [0.05, 0.1) is 6.54 Å². The molecule has 1 aliphatic heterocycles. The summed E-state index contributed by atoms with van der Waals surface area (Å²) in [6.07, 6.45) is 4.86. The van der Waals surface area contributed by atoms with Crippen molar-refractivity contribution in [3.63, 3.8) is 0 Å². The Balaban J connectivity index is 1.43. The summed E-state index contributed by atoms with van der Waals surface area (Å²) in [6, 6.07) is 16.0. The summed E-state index contributed by atoms with van der Waals surface area (Å²) < 4.78 is 0. The van der Waals surface area contributed by atoms with E-state index in [2.05, 4.69) is 25.8 Å². The minimum absolute atomic E-state index is 0.0174. The summed E-state index contributed by atoms with van der Waals surface area (Å²) in [5.41, 5.74) is 3.66. The van der Waals surface area contributed by atoms with Crippen LogP contribution in [0.15, 0.2) is 58.7 Å². The summed E-state index contributed by atoms with van der Waals surface area (Å²) in [5.74, 6) is 1.07. The SMILES string of the molecule is CCC/C(=N\O)C1=NC2(CCCC2)C(=O)N1Cc1ccc(-c2ccccc2-c2nn[nH]n2)cc1. The Kier molecular flexibility index (Phi) is 5.91. The summed E-state index contributed by atoms with van der Waals surface area (Å²) in [4.78, 5) is 20.0. The van der Waals surface area contributed by atoms with Gasteiger partial charge in [0.15, 0.2) is 5.84 Å². The molecule has 2 aliphatic rings. The monoisotopic (exact) mass is 457 g/mol. The molecule has 1 aliphatic carbocycles.